The molecule has 3 N–H and O–H groups in total. The molecule has 0 saturated carbocycles. The van der Waals surface area contributed by atoms with Crippen molar-refractivity contribution >= 4 is 17.7 Å². The van der Waals surface area contributed by atoms with Gasteiger partial charge in [-0.05, 0) is 36.1 Å². The van der Waals surface area contributed by atoms with E-state index >= 15 is 0 Å². The van der Waals surface area contributed by atoms with E-state index in [0.29, 0.717) is 37.2 Å². The Morgan fingerprint density at radius 3 is 2.10 bits per heavy atom. The zero-order valence-electron chi connectivity index (χ0n) is 16.4. The molecule has 0 bridgehead atoms. The molecule has 2 aromatic rings. The monoisotopic (exact) mass is 395 g/mol. The summed E-state index contributed by atoms with van der Waals surface area (Å²) in [6.45, 7) is 1.05. The molecule has 1 aliphatic rings. The lowest BCUT2D eigenvalue weighted by Crippen LogP contribution is -2.42. The van der Waals surface area contributed by atoms with E-state index in [9.17, 15) is 9.59 Å². The van der Waals surface area contributed by atoms with Gasteiger partial charge in [-0.1, -0.05) is 36.4 Å². The fourth-order valence-corrected chi connectivity index (χ4v) is 3.35. The lowest BCUT2D eigenvalue weighted by atomic mass is 9.97. The van der Waals surface area contributed by atoms with Gasteiger partial charge in [0.2, 0.25) is 0 Å². The standard InChI is InChI=1S/C22H25N3O4/c1-28-22(27)18-10-12-25(13-11-18)20(26)14-29-19-8-6-16(7-9-19)15-2-4-17(5-3-15)21(23)24/h2-9,18H,10-14H2,1H3,(H3,23,24). The van der Waals surface area contributed by atoms with Crippen molar-refractivity contribution in [2.45, 2.75) is 12.8 Å². The number of methoxy groups -OCH3 is 1. The number of amides is 1. The van der Waals surface area contributed by atoms with Crippen LogP contribution in [0.1, 0.15) is 18.4 Å². The van der Waals surface area contributed by atoms with Gasteiger partial charge < -0.3 is 20.1 Å². The number of likely N-dealkylation sites (tertiary alicyclic amines) is 1. The maximum absolute atomic E-state index is 12.4. The number of ether oxygens (including phenoxy) is 2. The molecule has 1 heterocycles. The summed E-state index contributed by atoms with van der Waals surface area (Å²) in [4.78, 5) is 25.6. The molecular weight excluding hydrogens is 370 g/mol. The number of benzene rings is 2. The Bertz CT molecular complexity index is 870. The summed E-state index contributed by atoms with van der Waals surface area (Å²) in [7, 11) is 1.39. The predicted molar refractivity (Wildman–Crippen MR) is 110 cm³/mol. The summed E-state index contributed by atoms with van der Waals surface area (Å²) in [6, 6.07) is 14.9. The number of nitrogens with one attached hydrogen (secondary N) is 1. The van der Waals surface area contributed by atoms with Crippen molar-refractivity contribution in [3.63, 3.8) is 0 Å². The van der Waals surface area contributed by atoms with Crippen LogP contribution in [0.15, 0.2) is 48.5 Å². The summed E-state index contributed by atoms with van der Waals surface area (Å²) in [5, 5.41) is 7.44. The van der Waals surface area contributed by atoms with Gasteiger partial charge in [0.25, 0.3) is 5.91 Å². The molecule has 1 fully saturated rings. The van der Waals surface area contributed by atoms with Gasteiger partial charge in [-0.25, -0.2) is 0 Å². The zero-order valence-corrected chi connectivity index (χ0v) is 16.4. The number of esters is 1. The third-order valence-electron chi connectivity index (χ3n) is 5.13. The minimum atomic E-state index is -0.204. The highest BCUT2D eigenvalue weighted by atomic mass is 16.5. The second-order valence-corrected chi connectivity index (χ2v) is 6.98. The van der Waals surface area contributed by atoms with Crippen molar-refractivity contribution in [3.05, 3.63) is 54.1 Å². The van der Waals surface area contributed by atoms with E-state index in [2.05, 4.69) is 0 Å². The Labute approximate surface area is 169 Å². The van der Waals surface area contributed by atoms with Crippen LogP contribution >= 0.6 is 0 Å². The average Bonchev–Trinajstić information content (AvgIpc) is 2.77. The SMILES string of the molecule is COC(=O)C1CCN(C(=O)COc2ccc(-c3ccc(C(=N)N)cc3)cc2)CC1. The molecule has 7 heteroatoms. The van der Waals surface area contributed by atoms with Crippen LogP contribution in [0.2, 0.25) is 0 Å². The highest BCUT2D eigenvalue weighted by molar-refractivity contribution is 5.95. The highest BCUT2D eigenvalue weighted by Crippen LogP contribution is 2.23. The molecule has 1 amide bonds. The van der Waals surface area contributed by atoms with Crippen molar-refractivity contribution in [2.24, 2.45) is 11.7 Å². The van der Waals surface area contributed by atoms with E-state index in [1.54, 1.807) is 4.90 Å². The first kappa shape index (κ1) is 20.4. The van der Waals surface area contributed by atoms with Crippen LogP contribution in [0.3, 0.4) is 0 Å². The number of piperidine rings is 1. The number of rotatable bonds is 6. The molecule has 0 radical (unpaired) electrons. The third kappa shape index (κ3) is 5.13. The minimum absolute atomic E-state index is 0.0322. The summed E-state index contributed by atoms with van der Waals surface area (Å²) in [6.07, 6.45) is 1.24. The van der Waals surface area contributed by atoms with Crippen molar-refractivity contribution in [1.82, 2.24) is 4.90 Å². The Morgan fingerprint density at radius 1 is 1.03 bits per heavy atom. The first-order chi connectivity index (χ1) is 14.0. The Hall–Kier alpha value is -3.35. The minimum Gasteiger partial charge on any atom is -0.484 e. The first-order valence-electron chi connectivity index (χ1n) is 9.51. The molecule has 0 aromatic heterocycles. The van der Waals surface area contributed by atoms with Gasteiger partial charge in [0.05, 0.1) is 13.0 Å². The van der Waals surface area contributed by atoms with Crippen LogP contribution in [0, 0.1) is 11.3 Å². The molecule has 1 aliphatic heterocycles. The maximum atomic E-state index is 12.4. The van der Waals surface area contributed by atoms with Gasteiger partial charge in [-0.2, -0.15) is 0 Å². The van der Waals surface area contributed by atoms with Crippen LogP contribution in [-0.2, 0) is 14.3 Å². The fourth-order valence-electron chi connectivity index (χ4n) is 3.35. The molecule has 7 nitrogen and oxygen atoms in total. The first-order valence-corrected chi connectivity index (χ1v) is 9.51. The molecule has 0 atom stereocenters. The number of nitrogens with two attached hydrogens (primary N) is 1. The zero-order chi connectivity index (χ0) is 20.8. The van der Waals surface area contributed by atoms with Gasteiger partial charge in [0.15, 0.2) is 6.61 Å². The Balaban J connectivity index is 1.50. The van der Waals surface area contributed by atoms with Gasteiger partial charge in [-0.3, -0.25) is 15.0 Å². The molecule has 2 aromatic carbocycles. The van der Waals surface area contributed by atoms with Crippen LogP contribution in [0.5, 0.6) is 5.75 Å². The second-order valence-electron chi connectivity index (χ2n) is 6.98. The number of carbonyl (C=O) groups excluding carboxylic acids is 2. The number of amidine groups is 1. The summed E-state index contributed by atoms with van der Waals surface area (Å²) in [5.74, 6) is 0.245. The molecule has 0 spiro atoms. The fraction of sp³-hybridized carbons (Fsp3) is 0.318. The predicted octanol–water partition coefficient (Wildman–Crippen LogP) is 2.43. The van der Waals surface area contributed by atoms with Crippen LogP contribution < -0.4 is 10.5 Å². The van der Waals surface area contributed by atoms with Gasteiger partial charge in [0, 0.05) is 18.7 Å². The Morgan fingerprint density at radius 2 is 1.59 bits per heavy atom. The van der Waals surface area contributed by atoms with E-state index in [0.717, 1.165) is 11.1 Å². The lowest BCUT2D eigenvalue weighted by Gasteiger charge is -2.30. The van der Waals surface area contributed by atoms with Crippen LogP contribution in [0.4, 0.5) is 0 Å². The van der Waals surface area contributed by atoms with Gasteiger partial charge >= 0.3 is 5.97 Å². The number of hydrogen-bond acceptors (Lipinski definition) is 5. The quantitative estimate of drug-likeness (QED) is 0.444. The van der Waals surface area contributed by atoms with Gasteiger partial charge in [-0.15, -0.1) is 0 Å². The van der Waals surface area contributed by atoms with Gasteiger partial charge in [0.1, 0.15) is 11.6 Å². The maximum Gasteiger partial charge on any atom is 0.308 e. The van der Waals surface area contributed by atoms with E-state index < -0.39 is 0 Å². The smallest absolute Gasteiger partial charge is 0.308 e. The number of carbonyl (C=O) groups is 2. The number of nitrogen functional groups attached to an aromatic ring is 1. The third-order valence-corrected chi connectivity index (χ3v) is 5.13. The van der Waals surface area contributed by atoms with Crippen molar-refractivity contribution in [1.29, 1.82) is 5.41 Å². The lowest BCUT2D eigenvalue weighted by molar-refractivity contribution is -0.149. The number of nitrogens with zero attached hydrogens (tertiary/aromatic N) is 1. The van der Waals surface area contributed by atoms with E-state index in [4.69, 9.17) is 20.6 Å². The summed E-state index contributed by atoms with van der Waals surface area (Å²) in [5.41, 5.74) is 8.17. The average molecular weight is 395 g/mol. The summed E-state index contributed by atoms with van der Waals surface area (Å²) >= 11 is 0. The van der Waals surface area contributed by atoms with Crippen LogP contribution in [0.25, 0.3) is 11.1 Å². The van der Waals surface area contributed by atoms with Crippen molar-refractivity contribution in [2.75, 3.05) is 26.8 Å². The van der Waals surface area contributed by atoms with Crippen LogP contribution in [-0.4, -0.2) is 49.4 Å². The van der Waals surface area contributed by atoms with Crippen molar-refractivity contribution in [3.8, 4) is 16.9 Å². The molecule has 3 rings (SSSR count). The largest absolute Gasteiger partial charge is 0.484 e. The van der Waals surface area contributed by atoms with Crippen molar-refractivity contribution < 1.29 is 19.1 Å². The normalized spacial score (nSPS) is 14.3. The number of hydrogen-bond donors (Lipinski definition) is 2. The van der Waals surface area contributed by atoms with E-state index in [1.165, 1.54) is 7.11 Å². The second kappa shape index (κ2) is 9.23. The highest BCUT2D eigenvalue weighted by Gasteiger charge is 2.27. The van der Waals surface area contributed by atoms with E-state index in [1.807, 2.05) is 48.5 Å². The molecule has 152 valence electrons. The molecule has 0 aliphatic carbocycles. The molecule has 0 unspecified atom stereocenters. The Kier molecular flexibility index (Phi) is 6.49. The molecule has 1 saturated heterocycles. The summed E-state index contributed by atoms with van der Waals surface area (Å²) < 4.78 is 10.4. The molecular formula is C22H25N3O4. The van der Waals surface area contributed by atoms with E-state index in [-0.39, 0.29) is 30.2 Å². The molecule has 29 heavy (non-hydrogen) atoms. The topological polar surface area (TPSA) is 106 Å².